The molecule has 1 N–H and O–H groups in total. The maximum atomic E-state index is 13.8. The fraction of sp³-hybridized carbons (Fsp3) is 0.455. The highest BCUT2D eigenvalue weighted by atomic mass is 19.4. The number of nitrogens with zero attached hydrogens (tertiary/aromatic N) is 7. The van der Waals surface area contributed by atoms with Crippen molar-refractivity contribution in [3.05, 3.63) is 47.7 Å². The van der Waals surface area contributed by atoms with E-state index in [0.29, 0.717) is 17.5 Å². The van der Waals surface area contributed by atoms with E-state index in [-0.39, 0.29) is 36.5 Å². The minimum Gasteiger partial charge on any atom is -0.372 e. The molecule has 0 bridgehead atoms. The molecule has 3 aromatic heterocycles. The number of hydrogen-bond acceptors (Lipinski definition) is 8. The molecule has 36 heavy (non-hydrogen) atoms. The van der Waals surface area contributed by atoms with Crippen molar-refractivity contribution in [2.75, 3.05) is 18.4 Å². The average molecular weight is 508 g/mol. The van der Waals surface area contributed by atoms with Crippen LogP contribution in [-0.2, 0) is 18.0 Å². The first-order valence-electron chi connectivity index (χ1n) is 11.1. The molecular formula is C22H24F4N8O2. The Labute approximate surface area is 203 Å². The van der Waals surface area contributed by atoms with E-state index in [1.807, 2.05) is 6.92 Å². The van der Waals surface area contributed by atoms with Gasteiger partial charge in [0, 0.05) is 25.8 Å². The number of morpholine rings is 1. The van der Waals surface area contributed by atoms with Crippen LogP contribution in [0.5, 0.6) is 0 Å². The van der Waals surface area contributed by atoms with Gasteiger partial charge in [-0.25, -0.2) is 19.3 Å². The zero-order chi connectivity index (χ0) is 26.2. The summed E-state index contributed by atoms with van der Waals surface area (Å²) < 4.78 is 59.8. The molecule has 0 saturated carbocycles. The van der Waals surface area contributed by atoms with Gasteiger partial charge in [0.1, 0.15) is 5.82 Å². The highest BCUT2D eigenvalue weighted by molar-refractivity contribution is 5.99. The third-order valence-electron chi connectivity index (χ3n) is 5.90. The lowest BCUT2D eigenvalue weighted by Crippen LogP contribution is -2.58. The zero-order valence-corrected chi connectivity index (χ0v) is 19.9. The second kappa shape index (κ2) is 9.76. The first-order valence-corrected chi connectivity index (χ1v) is 11.1. The van der Waals surface area contributed by atoms with Gasteiger partial charge in [-0.05, 0) is 20.8 Å². The Morgan fingerprint density at radius 2 is 1.89 bits per heavy atom. The second-order valence-electron chi connectivity index (χ2n) is 8.50. The van der Waals surface area contributed by atoms with Crippen LogP contribution < -0.4 is 5.32 Å². The van der Waals surface area contributed by atoms with E-state index in [1.165, 1.54) is 10.9 Å². The molecule has 0 aromatic carbocycles. The molecule has 0 unspecified atom stereocenters. The lowest BCUT2D eigenvalue weighted by Gasteiger charge is -2.42. The third kappa shape index (κ3) is 5.12. The highest BCUT2D eigenvalue weighted by Crippen LogP contribution is 2.29. The van der Waals surface area contributed by atoms with Crippen molar-refractivity contribution in [2.45, 2.75) is 45.2 Å². The molecule has 10 nitrogen and oxygen atoms in total. The van der Waals surface area contributed by atoms with Crippen LogP contribution in [0.3, 0.4) is 0 Å². The Bertz CT molecular complexity index is 1250. The molecule has 4 heterocycles. The van der Waals surface area contributed by atoms with Crippen molar-refractivity contribution >= 4 is 11.7 Å². The molecule has 1 fully saturated rings. The van der Waals surface area contributed by atoms with Crippen molar-refractivity contribution in [3.63, 3.8) is 0 Å². The van der Waals surface area contributed by atoms with Gasteiger partial charge < -0.3 is 15.0 Å². The van der Waals surface area contributed by atoms with E-state index < -0.39 is 35.7 Å². The number of anilines is 1. The summed E-state index contributed by atoms with van der Waals surface area (Å²) in [7, 11) is 1.66. The van der Waals surface area contributed by atoms with Gasteiger partial charge in [-0.2, -0.15) is 18.3 Å². The SMILES string of the molecule is Cc1c(-c2ncc(F)cn2)c(C(=O)N2C[C@@H](C)O[C@@H](C)[C@H]2CNc2cncc(C(F)(F)F)n2)nn1C. The molecule has 1 amide bonds. The number of carbonyl (C=O) groups excluding carboxylic acids is 1. The summed E-state index contributed by atoms with van der Waals surface area (Å²) in [4.78, 5) is 30.5. The number of halogens is 4. The van der Waals surface area contributed by atoms with E-state index in [0.717, 1.165) is 12.4 Å². The summed E-state index contributed by atoms with van der Waals surface area (Å²) in [6, 6.07) is -0.575. The number of aryl methyl sites for hydroxylation is 1. The lowest BCUT2D eigenvalue weighted by atomic mass is 10.0. The lowest BCUT2D eigenvalue weighted by molar-refractivity contribution is -0.141. The van der Waals surface area contributed by atoms with Crippen LogP contribution in [0.1, 0.15) is 35.7 Å². The fourth-order valence-electron chi connectivity index (χ4n) is 4.08. The van der Waals surface area contributed by atoms with E-state index in [1.54, 1.807) is 25.8 Å². The summed E-state index contributed by atoms with van der Waals surface area (Å²) in [5, 5.41) is 7.21. The first-order chi connectivity index (χ1) is 17.0. The number of carbonyl (C=O) groups is 1. The van der Waals surface area contributed by atoms with Crippen LogP contribution in [0, 0.1) is 12.7 Å². The number of nitrogens with one attached hydrogen (secondary N) is 1. The maximum absolute atomic E-state index is 13.8. The predicted molar refractivity (Wildman–Crippen MR) is 119 cm³/mol. The largest absolute Gasteiger partial charge is 0.434 e. The van der Waals surface area contributed by atoms with Crippen LogP contribution in [-0.4, -0.2) is 71.9 Å². The second-order valence-corrected chi connectivity index (χ2v) is 8.50. The molecule has 14 heteroatoms. The molecule has 1 aliphatic heterocycles. The maximum Gasteiger partial charge on any atom is 0.434 e. The van der Waals surface area contributed by atoms with Crippen molar-refractivity contribution in [2.24, 2.45) is 7.05 Å². The zero-order valence-electron chi connectivity index (χ0n) is 19.9. The van der Waals surface area contributed by atoms with E-state index in [4.69, 9.17) is 4.74 Å². The average Bonchev–Trinajstić information content (AvgIpc) is 3.12. The Morgan fingerprint density at radius 1 is 1.19 bits per heavy atom. The summed E-state index contributed by atoms with van der Waals surface area (Å²) >= 11 is 0. The van der Waals surface area contributed by atoms with Crippen LogP contribution in [0.15, 0.2) is 24.8 Å². The first kappa shape index (κ1) is 25.4. The van der Waals surface area contributed by atoms with Crippen molar-refractivity contribution in [3.8, 4) is 11.4 Å². The molecule has 4 rings (SSSR count). The Kier molecular flexibility index (Phi) is 6.89. The van der Waals surface area contributed by atoms with Gasteiger partial charge >= 0.3 is 6.18 Å². The number of aromatic nitrogens is 6. The Balaban J connectivity index is 1.64. The summed E-state index contributed by atoms with van der Waals surface area (Å²) in [5.41, 5.74) is -0.0837. The van der Waals surface area contributed by atoms with Gasteiger partial charge in [-0.3, -0.25) is 14.5 Å². The molecule has 1 aliphatic rings. The molecule has 3 atom stereocenters. The van der Waals surface area contributed by atoms with Gasteiger partial charge in [-0.15, -0.1) is 0 Å². The topological polar surface area (TPSA) is 111 Å². The number of ether oxygens (including phenoxy) is 1. The van der Waals surface area contributed by atoms with Gasteiger partial charge in [0.15, 0.2) is 23.0 Å². The monoisotopic (exact) mass is 508 g/mol. The summed E-state index contributed by atoms with van der Waals surface area (Å²) in [5.74, 6) is -0.996. The fourth-order valence-corrected chi connectivity index (χ4v) is 4.08. The highest BCUT2D eigenvalue weighted by Gasteiger charge is 2.39. The standard InChI is InChI=1S/C22H24F4N8O2/c1-11-10-34(15(13(3)36-11)7-28-17-9-27-8-16(31-17)22(24,25)26)21(35)19-18(12(2)33(4)32-19)20-29-5-14(23)6-30-20/h5-6,8-9,11,13,15H,7,10H2,1-4H3,(H,28,31)/t11-,13+,15-/m1/s1. The summed E-state index contributed by atoms with van der Waals surface area (Å²) in [6.45, 7) is 5.58. The van der Waals surface area contributed by atoms with Crippen molar-refractivity contribution in [1.29, 1.82) is 0 Å². The third-order valence-corrected chi connectivity index (χ3v) is 5.90. The molecule has 0 spiro atoms. The van der Waals surface area contributed by atoms with Gasteiger partial charge in [0.25, 0.3) is 5.91 Å². The van der Waals surface area contributed by atoms with Crippen molar-refractivity contribution < 1.29 is 27.1 Å². The normalized spacial score (nSPS) is 20.4. The molecule has 192 valence electrons. The smallest absolute Gasteiger partial charge is 0.372 e. The van der Waals surface area contributed by atoms with Crippen molar-refractivity contribution in [1.82, 2.24) is 34.6 Å². The molecule has 1 saturated heterocycles. The summed E-state index contributed by atoms with van der Waals surface area (Å²) in [6.07, 6.45) is -1.58. The van der Waals surface area contributed by atoms with Crippen LogP contribution in [0.4, 0.5) is 23.4 Å². The quantitative estimate of drug-likeness (QED) is 0.524. The minimum absolute atomic E-state index is 0.0455. The number of hydrogen-bond donors (Lipinski definition) is 1. The Morgan fingerprint density at radius 3 is 2.56 bits per heavy atom. The molecule has 0 aliphatic carbocycles. The van der Waals surface area contributed by atoms with Gasteiger partial charge in [-0.1, -0.05) is 0 Å². The van der Waals surface area contributed by atoms with E-state index in [9.17, 15) is 22.4 Å². The number of amides is 1. The minimum atomic E-state index is -4.64. The molecular weight excluding hydrogens is 484 g/mol. The van der Waals surface area contributed by atoms with Gasteiger partial charge in [0.05, 0.1) is 48.6 Å². The van der Waals surface area contributed by atoms with Crippen LogP contribution in [0.2, 0.25) is 0 Å². The number of alkyl halides is 3. The van der Waals surface area contributed by atoms with Crippen LogP contribution >= 0.6 is 0 Å². The molecule has 3 aromatic rings. The van der Waals surface area contributed by atoms with E-state index >= 15 is 0 Å². The Hall–Kier alpha value is -3.68. The predicted octanol–water partition coefficient (Wildman–Crippen LogP) is 2.86. The molecule has 0 radical (unpaired) electrons. The van der Waals surface area contributed by atoms with E-state index in [2.05, 4.69) is 30.4 Å². The number of rotatable bonds is 5. The van der Waals surface area contributed by atoms with Crippen LogP contribution in [0.25, 0.3) is 11.4 Å². The van der Waals surface area contributed by atoms with Gasteiger partial charge in [0.2, 0.25) is 0 Å².